The summed E-state index contributed by atoms with van der Waals surface area (Å²) >= 11 is 0. The van der Waals surface area contributed by atoms with E-state index in [9.17, 15) is 0 Å². The van der Waals surface area contributed by atoms with E-state index < -0.39 is 0 Å². The number of aromatic nitrogens is 2. The number of hydrogen-bond acceptors (Lipinski definition) is 3. The molecular weight excluding hydrogens is 200 g/mol. The fourth-order valence-electron chi connectivity index (χ4n) is 1.92. The highest BCUT2D eigenvalue weighted by atomic mass is 15.3. The van der Waals surface area contributed by atoms with E-state index in [1.54, 1.807) is 0 Å². The summed E-state index contributed by atoms with van der Waals surface area (Å²) in [7, 11) is 1.95. The Hall–Kier alpha value is -0.870. The summed E-state index contributed by atoms with van der Waals surface area (Å²) in [6.45, 7) is 9.14. The fourth-order valence-corrected chi connectivity index (χ4v) is 1.92. The van der Waals surface area contributed by atoms with Crippen molar-refractivity contribution in [1.29, 1.82) is 0 Å². The maximum atomic E-state index is 5.89. The number of nitrogens with two attached hydrogens (primary N) is 1. The minimum absolute atomic E-state index is 0.0757. The second-order valence-electron chi connectivity index (χ2n) is 4.55. The van der Waals surface area contributed by atoms with Gasteiger partial charge in [-0.25, -0.2) is 0 Å². The van der Waals surface area contributed by atoms with Crippen molar-refractivity contribution in [1.82, 2.24) is 14.7 Å². The van der Waals surface area contributed by atoms with Crippen molar-refractivity contribution < 1.29 is 0 Å². The third-order valence-corrected chi connectivity index (χ3v) is 3.47. The SMILES string of the molecule is CCN(Cc1ccn(C)n1)C(C)(CC)CN. The lowest BCUT2D eigenvalue weighted by atomic mass is 9.96. The van der Waals surface area contributed by atoms with Crippen LogP contribution in [0.3, 0.4) is 0 Å². The molecule has 0 aliphatic carbocycles. The minimum Gasteiger partial charge on any atom is -0.329 e. The van der Waals surface area contributed by atoms with E-state index in [4.69, 9.17) is 5.73 Å². The molecule has 0 radical (unpaired) electrons. The maximum Gasteiger partial charge on any atom is 0.0764 e. The number of aryl methyl sites for hydroxylation is 1. The van der Waals surface area contributed by atoms with Gasteiger partial charge in [0.1, 0.15) is 0 Å². The number of rotatable bonds is 6. The Labute approximate surface area is 98.4 Å². The van der Waals surface area contributed by atoms with Gasteiger partial charge < -0.3 is 5.73 Å². The molecule has 0 amide bonds. The molecule has 1 atom stereocenters. The van der Waals surface area contributed by atoms with E-state index in [1.807, 2.05) is 17.9 Å². The molecule has 4 heteroatoms. The van der Waals surface area contributed by atoms with E-state index in [2.05, 4.69) is 36.8 Å². The molecule has 0 spiro atoms. The number of hydrogen-bond donors (Lipinski definition) is 1. The Bertz CT molecular complexity index is 315. The van der Waals surface area contributed by atoms with Crippen LogP contribution in [-0.4, -0.2) is 33.3 Å². The molecule has 0 fully saturated rings. The molecule has 4 nitrogen and oxygen atoms in total. The van der Waals surface area contributed by atoms with Crippen LogP contribution in [0.2, 0.25) is 0 Å². The summed E-state index contributed by atoms with van der Waals surface area (Å²) in [5.41, 5.74) is 7.07. The third-order valence-electron chi connectivity index (χ3n) is 3.47. The van der Waals surface area contributed by atoms with Crippen LogP contribution in [-0.2, 0) is 13.6 Å². The largest absolute Gasteiger partial charge is 0.329 e. The van der Waals surface area contributed by atoms with Gasteiger partial charge in [0.05, 0.1) is 5.69 Å². The van der Waals surface area contributed by atoms with Crippen molar-refractivity contribution in [3.05, 3.63) is 18.0 Å². The normalized spacial score (nSPS) is 15.4. The lowest BCUT2D eigenvalue weighted by Crippen LogP contribution is -2.50. The van der Waals surface area contributed by atoms with Gasteiger partial charge in [0.25, 0.3) is 0 Å². The highest BCUT2D eigenvalue weighted by Gasteiger charge is 2.27. The molecule has 0 saturated heterocycles. The van der Waals surface area contributed by atoms with E-state index in [0.29, 0.717) is 6.54 Å². The smallest absolute Gasteiger partial charge is 0.0764 e. The molecule has 2 N–H and O–H groups in total. The first-order valence-electron chi connectivity index (χ1n) is 5.99. The third kappa shape index (κ3) is 2.83. The summed E-state index contributed by atoms with van der Waals surface area (Å²) in [6, 6.07) is 2.06. The molecule has 1 rings (SSSR count). The minimum atomic E-state index is 0.0757. The second-order valence-corrected chi connectivity index (χ2v) is 4.55. The van der Waals surface area contributed by atoms with Crippen molar-refractivity contribution in [2.45, 2.75) is 39.3 Å². The average Bonchev–Trinajstić information content (AvgIpc) is 2.70. The average molecular weight is 224 g/mol. The first-order valence-corrected chi connectivity index (χ1v) is 5.99. The molecule has 0 aliphatic heterocycles. The Morgan fingerprint density at radius 1 is 1.50 bits per heavy atom. The van der Waals surface area contributed by atoms with E-state index in [1.165, 1.54) is 0 Å². The van der Waals surface area contributed by atoms with Crippen LogP contribution in [0.15, 0.2) is 12.3 Å². The van der Waals surface area contributed by atoms with Crippen molar-refractivity contribution >= 4 is 0 Å². The Morgan fingerprint density at radius 2 is 2.19 bits per heavy atom. The van der Waals surface area contributed by atoms with Gasteiger partial charge in [0.15, 0.2) is 0 Å². The topological polar surface area (TPSA) is 47.1 Å². The van der Waals surface area contributed by atoms with E-state index in [-0.39, 0.29) is 5.54 Å². The van der Waals surface area contributed by atoms with Crippen LogP contribution in [0, 0.1) is 0 Å². The first kappa shape index (κ1) is 13.2. The summed E-state index contributed by atoms with van der Waals surface area (Å²) < 4.78 is 1.84. The van der Waals surface area contributed by atoms with Gasteiger partial charge >= 0.3 is 0 Å². The molecule has 0 aromatic carbocycles. The molecule has 0 saturated carbocycles. The molecule has 0 aliphatic rings. The van der Waals surface area contributed by atoms with Crippen molar-refractivity contribution in [3.63, 3.8) is 0 Å². The first-order chi connectivity index (χ1) is 7.55. The van der Waals surface area contributed by atoms with E-state index >= 15 is 0 Å². The molecule has 16 heavy (non-hydrogen) atoms. The Morgan fingerprint density at radius 3 is 2.56 bits per heavy atom. The number of nitrogens with zero attached hydrogens (tertiary/aromatic N) is 3. The predicted molar refractivity (Wildman–Crippen MR) is 67.0 cm³/mol. The van der Waals surface area contributed by atoms with Gasteiger partial charge in [-0.1, -0.05) is 13.8 Å². The van der Waals surface area contributed by atoms with Crippen LogP contribution in [0.25, 0.3) is 0 Å². The zero-order valence-electron chi connectivity index (χ0n) is 10.9. The van der Waals surface area contributed by atoms with Crippen LogP contribution in [0.4, 0.5) is 0 Å². The van der Waals surface area contributed by atoms with E-state index in [0.717, 1.165) is 25.2 Å². The predicted octanol–water partition coefficient (Wildman–Crippen LogP) is 1.37. The van der Waals surface area contributed by atoms with Gasteiger partial charge in [0, 0.05) is 31.9 Å². The van der Waals surface area contributed by atoms with Gasteiger partial charge in [-0.15, -0.1) is 0 Å². The van der Waals surface area contributed by atoms with Crippen LogP contribution in [0.1, 0.15) is 32.9 Å². The molecule has 0 bridgehead atoms. The standard InChI is InChI=1S/C12H24N4/c1-5-12(3,10-13)16(6-2)9-11-7-8-15(4)14-11/h7-8H,5-6,9-10,13H2,1-4H3. The Balaban J connectivity index is 2.75. The van der Waals surface area contributed by atoms with Crippen molar-refractivity contribution in [2.24, 2.45) is 12.8 Å². The summed E-state index contributed by atoms with van der Waals surface area (Å²) in [6.07, 6.45) is 3.04. The molecule has 1 heterocycles. The highest BCUT2D eigenvalue weighted by Crippen LogP contribution is 2.19. The summed E-state index contributed by atoms with van der Waals surface area (Å²) in [5, 5.41) is 4.41. The zero-order chi connectivity index (χ0) is 12.2. The van der Waals surface area contributed by atoms with Crippen molar-refractivity contribution in [2.75, 3.05) is 13.1 Å². The highest BCUT2D eigenvalue weighted by molar-refractivity contribution is 5.00. The second kappa shape index (κ2) is 5.46. The van der Waals surface area contributed by atoms with Crippen LogP contribution >= 0.6 is 0 Å². The molecule has 1 aromatic rings. The van der Waals surface area contributed by atoms with Gasteiger partial charge in [-0.2, -0.15) is 5.10 Å². The lowest BCUT2D eigenvalue weighted by Gasteiger charge is -2.39. The number of likely N-dealkylation sites (N-methyl/N-ethyl adjacent to an activating group) is 1. The fraction of sp³-hybridized carbons (Fsp3) is 0.750. The van der Waals surface area contributed by atoms with Gasteiger partial charge in [-0.05, 0) is 26.0 Å². The maximum absolute atomic E-state index is 5.89. The quantitative estimate of drug-likeness (QED) is 0.794. The monoisotopic (exact) mass is 224 g/mol. The molecule has 92 valence electrons. The molecule has 1 unspecified atom stereocenters. The zero-order valence-corrected chi connectivity index (χ0v) is 10.9. The molecular formula is C12H24N4. The van der Waals surface area contributed by atoms with Crippen molar-refractivity contribution in [3.8, 4) is 0 Å². The Kier molecular flexibility index (Phi) is 4.50. The van der Waals surface area contributed by atoms with Gasteiger partial charge in [-0.3, -0.25) is 9.58 Å². The molecule has 1 aromatic heterocycles. The summed E-state index contributed by atoms with van der Waals surface area (Å²) in [5.74, 6) is 0. The van der Waals surface area contributed by atoms with Crippen LogP contribution < -0.4 is 5.73 Å². The van der Waals surface area contributed by atoms with Gasteiger partial charge in [0.2, 0.25) is 0 Å². The van der Waals surface area contributed by atoms with Crippen LogP contribution in [0.5, 0.6) is 0 Å². The summed E-state index contributed by atoms with van der Waals surface area (Å²) in [4.78, 5) is 2.40. The lowest BCUT2D eigenvalue weighted by molar-refractivity contribution is 0.102.